The van der Waals surface area contributed by atoms with Crippen molar-refractivity contribution in [1.29, 1.82) is 0 Å². The molecule has 5 nitrogen and oxygen atoms in total. The predicted octanol–water partition coefficient (Wildman–Crippen LogP) is 1.65. The van der Waals surface area contributed by atoms with Gasteiger partial charge in [0.2, 0.25) is 0 Å². The molecular formula is C18H24N2O3. The number of amides is 1. The summed E-state index contributed by atoms with van der Waals surface area (Å²) in [5.74, 6) is 1.14. The van der Waals surface area contributed by atoms with Crippen molar-refractivity contribution in [2.75, 3.05) is 46.5 Å². The van der Waals surface area contributed by atoms with Gasteiger partial charge < -0.3 is 14.4 Å². The molecule has 2 bridgehead atoms. The molecule has 2 fully saturated rings. The van der Waals surface area contributed by atoms with Crippen molar-refractivity contribution in [1.82, 2.24) is 9.80 Å². The first kappa shape index (κ1) is 16.0. The molecule has 1 amide bonds. The zero-order chi connectivity index (χ0) is 16.2. The fourth-order valence-corrected chi connectivity index (χ4v) is 3.27. The fraction of sp³-hybridized carbons (Fsp3) is 0.500. The van der Waals surface area contributed by atoms with Crippen LogP contribution in [0.2, 0.25) is 0 Å². The second-order valence-electron chi connectivity index (χ2n) is 6.33. The van der Waals surface area contributed by atoms with E-state index in [0.717, 1.165) is 19.7 Å². The number of carbonyl (C=O) groups excluding carboxylic acids is 1. The van der Waals surface area contributed by atoms with E-state index in [4.69, 9.17) is 9.47 Å². The summed E-state index contributed by atoms with van der Waals surface area (Å²) in [6.07, 6.45) is 1.69. The van der Waals surface area contributed by atoms with Crippen molar-refractivity contribution < 1.29 is 14.3 Å². The van der Waals surface area contributed by atoms with E-state index in [1.54, 1.807) is 6.08 Å². The van der Waals surface area contributed by atoms with Crippen molar-refractivity contribution in [3.63, 3.8) is 0 Å². The smallest absolute Gasteiger partial charge is 0.254 e. The summed E-state index contributed by atoms with van der Waals surface area (Å²) in [6, 6.07) is 7.65. The molecule has 0 spiro atoms. The second-order valence-corrected chi connectivity index (χ2v) is 6.33. The lowest BCUT2D eigenvalue weighted by Gasteiger charge is -2.29. The highest BCUT2D eigenvalue weighted by Crippen LogP contribution is 2.21. The van der Waals surface area contributed by atoms with Crippen LogP contribution < -0.4 is 4.74 Å². The SMILES string of the molecule is C=CCOc1cccc(C(=O)N2C[C@@H]3COC[C@H](C2)N(C)C3)c1. The Bertz CT molecular complexity index is 575. The van der Waals surface area contributed by atoms with Crippen LogP contribution in [0.15, 0.2) is 36.9 Å². The third-order valence-corrected chi connectivity index (χ3v) is 4.48. The van der Waals surface area contributed by atoms with Gasteiger partial charge in [0.15, 0.2) is 0 Å². The van der Waals surface area contributed by atoms with Gasteiger partial charge in [-0.2, -0.15) is 0 Å². The number of ether oxygens (including phenoxy) is 2. The number of nitrogens with zero attached hydrogens (tertiary/aromatic N) is 2. The molecule has 2 heterocycles. The van der Waals surface area contributed by atoms with Gasteiger partial charge in [-0.25, -0.2) is 0 Å². The van der Waals surface area contributed by atoms with Crippen molar-refractivity contribution in [2.45, 2.75) is 6.04 Å². The number of carbonyl (C=O) groups is 1. The Hall–Kier alpha value is -1.85. The molecule has 0 N–H and O–H groups in total. The molecule has 1 aromatic carbocycles. The summed E-state index contributed by atoms with van der Waals surface area (Å²) in [5.41, 5.74) is 0.676. The molecule has 23 heavy (non-hydrogen) atoms. The molecular weight excluding hydrogens is 292 g/mol. The highest BCUT2D eigenvalue weighted by molar-refractivity contribution is 5.94. The minimum Gasteiger partial charge on any atom is -0.490 e. The standard InChI is InChI=1S/C18H24N2O3/c1-3-7-23-17-6-4-5-15(8-17)18(21)20-10-14-9-19(2)16(11-20)13-22-12-14/h3-6,8,14,16H,1,7,9-13H2,2H3/t14-,16+/m1/s1. The van der Waals surface area contributed by atoms with Crippen LogP contribution in [0.4, 0.5) is 0 Å². The number of hydrogen-bond donors (Lipinski definition) is 0. The molecule has 3 rings (SSSR count). The van der Waals surface area contributed by atoms with Crippen LogP contribution in [-0.2, 0) is 4.74 Å². The van der Waals surface area contributed by atoms with E-state index in [1.165, 1.54) is 0 Å². The zero-order valence-electron chi connectivity index (χ0n) is 13.6. The molecule has 2 saturated heterocycles. The fourth-order valence-electron chi connectivity index (χ4n) is 3.27. The summed E-state index contributed by atoms with van der Waals surface area (Å²) >= 11 is 0. The van der Waals surface area contributed by atoms with Crippen molar-refractivity contribution in [3.05, 3.63) is 42.5 Å². The van der Waals surface area contributed by atoms with E-state index in [2.05, 4.69) is 18.5 Å². The Morgan fingerprint density at radius 2 is 2.26 bits per heavy atom. The topological polar surface area (TPSA) is 42.0 Å². The Balaban J connectivity index is 1.76. The highest BCUT2D eigenvalue weighted by atomic mass is 16.5. The molecule has 0 aliphatic carbocycles. The molecule has 2 atom stereocenters. The number of benzene rings is 1. The molecule has 2 aliphatic rings. The Morgan fingerprint density at radius 3 is 3.09 bits per heavy atom. The Kier molecular flexibility index (Phi) is 4.98. The molecule has 1 aromatic rings. The molecule has 0 saturated carbocycles. The van der Waals surface area contributed by atoms with Gasteiger partial charge in [-0.15, -0.1) is 0 Å². The van der Waals surface area contributed by atoms with Crippen LogP contribution in [0, 0.1) is 5.92 Å². The van der Waals surface area contributed by atoms with Crippen molar-refractivity contribution in [2.24, 2.45) is 5.92 Å². The molecule has 5 heteroatoms. The zero-order valence-corrected chi connectivity index (χ0v) is 13.6. The average Bonchev–Trinajstić information content (AvgIpc) is 2.81. The lowest BCUT2D eigenvalue weighted by atomic mass is 10.1. The minimum atomic E-state index is 0.0706. The molecule has 124 valence electrons. The number of likely N-dealkylation sites (N-methyl/N-ethyl adjacent to an activating group) is 1. The monoisotopic (exact) mass is 316 g/mol. The van der Waals surface area contributed by atoms with Gasteiger partial charge in [0, 0.05) is 31.1 Å². The summed E-state index contributed by atoms with van der Waals surface area (Å²) < 4.78 is 11.3. The van der Waals surface area contributed by atoms with Gasteiger partial charge in [-0.05, 0) is 25.2 Å². The summed E-state index contributed by atoms with van der Waals surface area (Å²) in [6.45, 7) is 7.94. The van der Waals surface area contributed by atoms with Crippen LogP contribution in [0.5, 0.6) is 5.75 Å². The number of rotatable bonds is 4. The van der Waals surface area contributed by atoms with Gasteiger partial charge in [0.1, 0.15) is 12.4 Å². The lowest BCUT2D eigenvalue weighted by Crippen LogP contribution is -2.44. The van der Waals surface area contributed by atoms with E-state index in [1.807, 2.05) is 29.2 Å². The number of fused-ring (bicyclic) bond motifs is 3. The molecule has 0 radical (unpaired) electrons. The first-order chi connectivity index (χ1) is 11.2. The third-order valence-electron chi connectivity index (χ3n) is 4.48. The third kappa shape index (κ3) is 3.74. The van der Waals surface area contributed by atoms with Crippen LogP contribution in [0.3, 0.4) is 0 Å². The van der Waals surface area contributed by atoms with E-state index in [9.17, 15) is 4.79 Å². The van der Waals surface area contributed by atoms with Crippen molar-refractivity contribution >= 4 is 5.91 Å². The molecule has 0 aromatic heterocycles. The summed E-state index contributed by atoms with van der Waals surface area (Å²) in [7, 11) is 2.12. The maximum absolute atomic E-state index is 12.9. The summed E-state index contributed by atoms with van der Waals surface area (Å²) in [5, 5.41) is 0. The van der Waals surface area contributed by atoms with Gasteiger partial charge in [0.05, 0.1) is 19.3 Å². The first-order valence-electron chi connectivity index (χ1n) is 8.08. The van der Waals surface area contributed by atoms with E-state index in [-0.39, 0.29) is 11.9 Å². The first-order valence-corrected chi connectivity index (χ1v) is 8.08. The Labute approximate surface area is 137 Å². The van der Waals surface area contributed by atoms with Gasteiger partial charge in [-0.3, -0.25) is 9.69 Å². The average molecular weight is 316 g/mol. The highest BCUT2D eigenvalue weighted by Gasteiger charge is 2.33. The molecule has 0 unspecified atom stereocenters. The van der Waals surface area contributed by atoms with E-state index in [0.29, 0.717) is 37.0 Å². The maximum atomic E-state index is 12.9. The second kappa shape index (κ2) is 7.15. The van der Waals surface area contributed by atoms with E-state index >= 15 is 0 Å². The largest absolute Gasteiger partial charge is 0.490 e. The maximum Gasteiger partial charge on any atom is 0.254 e. The number of hydrogen-bond acceptors (Lipinski definition) is 4. The Morgan fingerprint density at radius 1 is 1.39 bits per heavy atom. The predicted molar refractivity (Wildman–Crippen MR) is 88.8 cm³/mol. The van der Waals surface area contributed by atoms with Crippen molar-refractivity contribution in [3.8, 4) is 5.75 Å². The van der Waals surface area contributed by atoms with Crippen LogP contribution in [0.1, 0.15) is 10.4 Å². The van der Waals surface area contributed by atoms with Crippen LogP contribution in [0.25, 0.3) is 0 Å². The van der Waals surface area contributed by atoms with Gasteiger partial charge in [-0.1, -0.05) is 18.7 Å². The van der Waals surface area contributed by atoms with Gasteiger partial charge in [0.25, 0.3) is 5.91 Å². The van der Waals surface area contributed by atoms with Gasteiger partial charge >= 0.3 is 0 Å². The van der Waals surface area contributed by atoms with Crippen LogP contribution in [-0.4, -0.2) is 68.3 Å². The minimum absolute atomic E-state index is 0.0706. The van der Waals surface area contributed by atoms with Crippen LogP contribution >= 0.6 is 0 Å². The quantitative estimate of drug-likeness (QED) is 0.792. The lowest BCUT2D eigenvalue weighted by molar-refractivity contribution is 0.0433. The normalized spacial score (nSPS) is 24.8. The summed E-state index contributed by atoms with van der Waals surface area (Å²) in [4.78, 5) is 17.2. The van der Waals surface area contributed by atoms with E-state index < -0.39 is 0 Å². The molecule has 2 aliphatic heterocycles.